The number of benzene rings is 2. The number of amides is 1. The van der Waals surface area contributed by atoms with E-state index >= 15 is 0 Å². The summed E-state index contributed by atoms with van der Waals surface area (Å²) in [7, 11) is -0.929. The molecule has 0 atom stereocenters. The van der Waals surface area contributed by atoms with Crippen LogP contribution in [0.2, 0.25) is 5.02 Å². The third-order valence-corrected chi connectivity index (χ3v) is 3.51. The first-order chi connectivity index (χ1) is 9.65. The molecule has 0 radical (unpaired) electrons. The van der Waals surface area contributed by atoms with E-state index in [9.17, 15) is 9.82 Å². The molecule has 0 bridgehead atoms. The van der Waals surface area contributed by atoms with E-state index in [2.05, 4.69) is 5.32 Å². The minimum absolute atomic E-state index is 0.288. The first kappa shape index (κ1) is 13.2. The summed E-state index contributed by atoms with van der Waals surface area (Å²) in [5, 5.41) is 12.8. The molecule has 0 aliphatic carbocycles. The Hall–Kier alpha value is -1.82. The van der Waals surface area contributed by atoms with Gasteiger partial charge in [0.1, 0.15) is 0 Å². The molecule has 100 valence electrons. The van der Waals surface area contributed by atoms with Crippen molar-refractivity contribution in [2.75, 3.05) is 5.32 Å². The highest BCUT2D eigenvalue weighted by molar-refractivity contribution is 6.61. The highest BCUT2D eigenvalue weighted by Gasteiger charge is 2.27. The minimum Gasteiger partial charge on any atom is -0.423 e. The SMILES string of the molecule is O=C(Nc1ccc2c(c1)B(O)OC2)c1ccccc1Cl. The van der Waals surface area contributed by atoms with E-state index in [1.807, 2.05) is 6.07 Å². The van der Waals surface area contributed by atoms with Gasteiger partial charge in [-0.1, -0.05) is 29.8 Å². The topological polar surface area (TPSA) is 58.6 Å². The predicted molar refractivity (Wildman–Crippen MR) is 78.2 cm³/mol. The average molecular weight is 288 g/mol. The number of nitrogens with one attached hydrogen (secondary N) is 1. The van der Waals surface area contributed by atoms with Crippen LogP contribution in [0.25, 0.3) is 0 Å². The molecule has 0 spiro atoms. The number of anilines is 1. The van der Waals surface area contributed by atoms with Gasteiger partial charge >= 0.3 is 7.12 Å². The summed E-state index contributed by atoms with van der Waals surface area (Å²) in [6, 6.07) is 12.1. The van der Waals surface area contributed by atoms with Crippen LogP contribution in [0.3, 0.4) is 0 Å². The third-order valence-electron chi connectivity index (χ3n) is 3.18. The first-order valence-corrected chi connectivity index (χ1v) is 6.51. The standard InChI is InChI=1S/C14H11BClNO3/c16-13-4-2-1-3-11(13)14(18)17-10-6-5-9-8-20-15(19)12(9)7-10/h1-7,19H,8H2,(H,17,18). The molecular weight excluding hydrogens is 276 g/mol. The maximum atomic E-state index is 12.1. The molecular formula is C14H11BClNO3. The van der Waals surface area contributed by atoms with Crippen LogP contribution >= 0.6 is 11.6 Å². The Morgan fingerprint density at radius 1 is 1.30 bits per heavy atom. The molecule has 2 N–H and O–H groups in total. The van der Waals surface area contributed by atoms with Crippen molar-refractivity contribution in [2.45, 2.75) is 6.61 Å². The number of hydrogen-bond donors (Lipinski definition) is 2. The van der Waals surface area contributed by atoms with Crippen LogP contribution in [-0.2, 0) is 11.3 Å². The van der Waals surface area contributed by atoms with Gasteiger partial charge in [-0.2, -0.15) is 0 Å². The van der Waals surface area contributed by atoms with Crippen LogP contribution in [0.15, 0.2) is 42.5 Å². The zero-order valence-electron chi connectivity index (χ0n) is 10.5. The van der Waals surface area contributed by atoms with Gasteiger partial charge in [-0.3, -0.25) is 4.79 Å². The van der Waals surface area contributed by atoms with Gasteiger partial charge in [-0.25, -0.2) is 0 Å². The number of fused-ring (bicyclic) bond motifs is 1. The molecule has 0 aromatic heterocycles. The van der Waals surface area contributed by atoms with Crippen LogP contribution in [0.1, 0.15) is 15.9 Å². The fraction of sp³-hybridized carbons (Fsp3) is 0.0714. The van der Waals surface area contributed by atoms with Gasteiger partial charge in [-0.05, 0) is 35.3 Å². The predicted octanol–water partition coefficient (Wildman–Crippen LogP) is 1.81. The van der Waals surface area contributed by atoms with Gasteiger partial charge in [0.05, 0.1) is 17.2 Å². The number of rotatable bonds is 2. The lowest BCUT2D eigenvalue weighted by Crippen LogP contribution is -2.28. The average Bonchev–Trinajstić information content (AvgIpc) is 2.81. The molecule has 0 fully saturated rings. The minimum atomic E-state index is -0.929. The van der Waals surface area contributed by atoms with Crippen molar-refractivity contribution >= 4 is 35.8 Å². The Labute approximate surface area is 121 Å². The second-order valence-electron chi connectivity index (χ2n) is 4.51. The molecule has 20 heavy (non-hydrogen) atoms. The normalized spacial score (nSPS) is 13.2. The molecule has 1 heterocycles. The molecule has 0 unspecified atom stereocenters. The summed E-state index contributed by atoms with van der Waals surface area (Å²) < 4.78 is 5.11. The maximum Gasteiger partial charge on any atom is 0.491 e. The lowest BCUT2D eigenvalue weighted by Gasteiger charge is -2.08. The second kappa shape index (κ2) is 5.29. The Kier molecular flexibility index (Phi) is 3.48. The van der Waals surface area contributed by atoms with Crippen LogP contribution in [0, 0.1) is 0 Å². The third kappa shape index (κ3) is 2.43. The Morgan fingerprint density at radius 2 is 2.10 bits per heavy atom. The fourth-order valence-electron chi connectivity index (χ4n) is 2.14. The van der Waals surface area contributed by atoms with Crippen molar-refractivity contribution in [1.82, 2.24) is 0 Å². The van der Waals surface area contributed by atoms with Crippen molar-refractivity contribution in [3.8, 4) is 0 Å². The first-order valence-electron chi connectivity index (χ1n) is 6.13. The van der Waals surface area contributed by atoms with Gasteiger partial charge in [0, 0.05) is 5.69 Å². The monoisotopic (exact) mass is 287 g/mol. The molecule has 1 aliphatic heterocycles. The number of hydrogen-bond acceptors (Lipinski definition) is 3. The maximum absolute atomic E-state index is 12.1. The fourth-order valence-corrected chi connectivity index (χ4v) is 2.36. The highest BCUT2D eigenvalue weighted by Crippen LogP contribution is 2.18. The molecule has 2 aromatic rings. The Balaban J connectivity index is 1.84. The van der Waals surface area contributed by atoms with E-state index in [0.29, 0.717) is 28.3 Å². The Bertz CT molecular complexity index is 677. The van der Waals surface area contributed by atoms with Gasteiger partial charge in [0.15, 0.2) is 0 Å². The molecule has 2 aromatic carbocycles. The van der Waals surface area contributed by atoms with E-state index in [1.165, 1.54) is 0 Å². The highest BCUT2D eigenvalue weighted by atomic mass is 35.5. The van der Waals surface area contributed by atoms with Gasteiger partial charge in [0.25, 0.3) is 5.91 Å². The van der Waals surface area contributed by atoms with Gasteiger partial charge < -0.3 is 15.0 Å². The van der Waals surface area contributed by atoms with Crippen molar-refractivity contribution in [3.05, 3.63) is 58.6 Å². The van der Waals surface area contributed by atoms with Crippen molar-refractivity contribution in [3.63, 3.8) is 0 Å². The summed E-state index contributed by atoms with van der Waals surface area (Å²) >= 11 is 5.98. The molecule has 3 rings (SSSR count). The summed E-state index contributed by atoms with van der Waals surface area (Å²) in [6.07, 6.45) is 0. The van der Waals surface area contributed by atoms with E-state index in [-0.39, 0.29) is 5.91 Å². The van der Waals surface area contributed by atoms with Crippen LogP contribution in [0.4, 0.5) is 5.69 Å². The summed E-state index contributed by atoms with van der Waals surface area (Å²) in [4.78, 5) is 12.1. The quantitative estimate of drug-likeness (QED) is 0.828. The van der Waals surface area contributed by atoms with Gasteiger partial charge in [-0.15, -0.1) is 0 Å². The second-order valence-corrected chi connectivity index (χ2v) is 4.92. The number of carbonyl (C=O) groups is 1. The van der Waals surface area contributed by atoms with Crippen molar-refractivity contribution in [1.29, 1.82) is 0 Å². The summed E-state index contributed by atoms with van der Waals surface area (Å²) in [5.41, 5.74) is 2.61. The van der Waals surface area contributed by atoms with Crippen molar-refractivity contribution in [2.24, 2.45) is 0 Å². The largest absolute Gasteiger partial charge is 0.491 e. The zero-order chi connectivity index (χ0) is 14.1. The van der Waals surface area contributed by atoms with Gasteiger partial charge in [0.2, 0.25) is 0 Å². The van der Waals surface area contributed by atoms with Crippen LogP contribution in [-0.4, -0.2) is 18.0 Å². The summed E-state index contributed by atoms with van der Waals surface area (Å²) in [5.74, 6) is -0.288. The van der Waals surface area contributed by atoms with Crippen molar-refractivity contribution < 1.29 is 14.5 Å². The summed E-state index contributed by atoms with van der Waals surface area (Å²) in [6.45, 7) is 0.384. The molecule has 4 nitrogen and oxygen atoms in total. The Morgan fingerprint density at radius 3 is 2.90 bits per heavy atom. The number of carbonyl (C=O) groups excluding carboxylic acids is 1. The molecule has 0 saturated heterocycles. The van der Waals surface area contributed by atoms with E-state index in [4.69, 9.17) is 16.3 Å². The van der Waals surface area contributed by atoms with E-state index < -0.39 is 7.12 Å². The lowest BCUT2D eigenvalue weighted by atomic mass is 9.79. The molecule has 0 saturated carbocycles. The van der Waals surface area contributed by atoms with Crippen LogP contribution in [0.5, 0.6) is 0 Å². The molecule has 1 amide bonds. The molecule has 1 aliphatic rings. The zero-order valence-corrected chi connectivity index (χ0v) is 11.2. The number of halogens is 1. The lowest BCUT2D eigenvalue weighted by molar-refractivity contribution is 0.102. The van der Waals surface area contributed by atoms with Crippen LogP contribution < -0.4 is 10.8 Å². The molecule has 6 heteroatoms. The smallest absolute Gasteiger partial charge is 0.423 e. The van der Waals surface area contributed by atoms with E-state index in [1.54, 1.807) is 36.4 Å². The van der Waals surface area contributed by atoms with E-state index in [0.717, 1.165) is 5.56 Å².